The second-order valence-corrected chi connectivity index (χ2v) is 6.29. The third-order valence-corrected chi connectivity index (χ3v) is 4.29. The van der Waals surface area contributed by atoms with E-state index in [1.165, 1.54) is 7.05 Å². The fourth-order valence-electron chi connectivity index (χ4n) is 1.65. The Labute approximate surface area is 129 Å². The van der Waals surface area contributed by atoms with Gasteiger partial charge >= 0.3 is 15.8 Å². The highest BCUT2D eigenvalue weighted by Gasteiger charge is 2.24. The standard InChI is InChI=1S/C12H10ClFN2O5S/c1-15-6-10(11(17)16(2)12(15)18)22(19,20)21-9-4-3-7(14)5-8(9)13/h3-6H,1-2H3. The first-order valence-corrected chi connectivity index (χ1v) is 7.58. The summed E-state index contributed by atoms with van der Waals surface area (Å²) >= 11 is 5.68. The van der Waals surface area contributed by atoms with E-state index in [2.05, 4.69) is 0 Å². The molecular weight excluding hydrogens is 339 g/mol. The lowest BCUT2D eigenvalue weighted by molar-refractivity contribution is 0.479. The van der Waals surface area contributed by atoms with E-state index in [9.17, 15) is 22.4 Å². The molecule has 0 fully saturated rings. The Balaban J connectivity index is 2.57. The lowest BCUT2D eigenvalue weighted by Crippen LogP contribution is -2.39. The molecule has 7 nitrogen and oxygen atoms in total. The number of hydrogen-bond donors (Lipinski definition) is 0. The molecule has 118 valence electrons. The Morgan fingerprint density at radius 3 is 2.45 bits per heavy atom. The summed E-state index contributed by atoms with van der Waals surface area (Å²) in [7, 11) is -2.12. The van der Waals surface area contributed by atoms with E-state index in [4.69, 9.17) is 15.8 Å². The number of aromatic nitrogens is 2. The van der Waals surface area contributed by atoms with Gasteiger partial charge in [0.2, 0.25) is 0 Å². The van der Waals surface area contributed by atoms with Gasteiger partial charge in [-0.25, -0.2) is 9.18 Å². The first-order valence-electron chi connectivity index (χ1n) is 5.79. The van der Waals surface area contributed by atoms with E-state index in [0.717, 1.165) is 36.0 Å². The number of aryl methyl sites for hydroxylation is 1. The van der Waals surface area contributed by atoms with Crippen LogP contribution in [-0.4, -0.2) is 17.6 Å². The van der Waals surface area contributed by atoms with Gasteiger partial charge < -0.3 is 8.75 Å². The summed E-state index contributed by atoms with van der Waals surface area (Å²) < 4.78 is 43.6. The largest absolute Gasteiger partial charge is 0.377 e. The molecule has 0 saturated heterocycles. The van der Waals surface area contributed by atoms with Gasteiger partial charge in [0.05, 0.1) is 5.02 Å². The quantitative estimate of drug-likeness (QED) is 0.760. The Morgan fingerprint density at radius 1 is 1.23 bits per heavy atom. The SMILES string of the molecule is Cn1cc(S(=O)(=O)Oc2ccc(F)cc2Cl)c(=O)n(C)c1=O. The lowest BCUT2D eigenvalue weighted by Gasteiger charge is -2.10. The van der Waals surface area contributed by atoms with Crippen molar-refractivity contribution in [1.29, 1.82) is 0 Å². The van der Waals surface area contributed by atoms with Gasteiger partial charge in [0.1, 0.15) is 5.82 Å². The van der Waals surface area contributed by atoms with Crippen molar-refractivity contribution in [2.24, 2.45) is 14.1 Å². The van der Waals surface area contributed by atoms with E-state index in [-0.39, 0.29) is 10.8 Å². The van der Waals surface area contributed by atoms with Crippen molar-refractivity contribution in [2.75, 3.05) is 0 Å². The van der Waals surface area contributed by atoms with Gasteiger partial charge in [0, 0.05) is 20.3 Å². The fraction of sp³-hybridized carbons (Fsp3) is 0.167. The van der Waals surface area contributed by atoms with Crippen LogP contribution in [0.4, 0.5) is 4.39 Å². The average molecular weight is 349 g/mol. The molecule has 0 amide bonds. The highest BCUT2D eigenvalue weighted by Crippen LogP contribution is 2.27. The van der Waals surface area contributed by atoms with Crippen LogP contribution in [0.5, 0.6) is 5.75 Å². The molecular formula is C12H10ClFN2O5S. The van der Waals surface area contributed by atoms with Gasteiger partial charge in [0.15, 0.2) is 10.6 Å². The fourth-order valence-corrected chi connectivity index (χ4v) is 3.01. The lowest BCUT2D eigenvalue weighted by atomic mass is 10.3. The van der Waals surface area contributed by atoms with Crippen LogP contribution in [0.25, 0.3) is 0 Å². The predicted octanol–water partition coefficient (Wildman–Crippen LogP) is 0.644. The maximum Gasteiger partial charge on any atom is 0.346 e. The Hall–Kier alpha value is -2.13. The third kappa shape index (κ3) is 2.90. The highest BCUT2D eigenvalue weighted by molar-refractivity contribution is 7.87. The normalized spacial score (nSPS) is 11.5. The third-order valence-electron chi connectivity index (χ3n) is 2.78. The maximum absolute atomic E-state index is 12.9. The molecule has 0 spiro atoms. The molecule has 0 saturated carbocycles. The van der Waals surface area contributed by atoms with Crippen LogP contribution in [0.1, 0.15) is 0 Å². The number of hydrogen-bond acceptors (Lipinski definition) is 5. The molecule has 0 aliphatic heterocycles. The van der Waals surface area contributed by atoms with E-state index in [0.29, 0.717) is 4.57 Å². The van der Waals surface area contributed by atoms with Crippen molar-refractivity contribution >= 4 is 21.7 Å². The van der Waals surface area contributed by atoms with E-state index < -0.39 is 32.1 Å². The van der Waals surface area contributed by atoms with Crippen molar-refractivity contribution in [2.45, 2.75) is 4.90 Å². The minimum absolute atomic E-state index is 0.273. The summed E-state index contributed by atoms with van der Waals surface area (Å²) in [4.78, 5) is 22.7. The summed E-state index contributed by atoms with van der Waals surface area (Å²) in [5.74, 6) is -1.01. The number of halogens is 2. The van der Waals surface area contributed by atoms with Gasteiger partial charge in [-0.05, 0) is 18.2 Å². The molecule has 0 bridgehead atoms. The highest BCUT2D eigenvalue weighted by atomic mass is 35.5. The van der Waals surface area contributed by atoms with E-state index >= 15 is 0 Å². The smallest absolute Gasteiger partial charge is 0.346 e. The second-order valence-electron chi connectivity index (χ2n) is 4.36. The average Bonchev–Trinajstić information content (AvgIpc) is 2.43. The minimum Gasteiger partial charge on any atom is -0.377 e. The van der Waals surface area contributed by atoms with Crippen LogP contribution < -0.4 is 15.4 Å². The van der Waals surface area contributed by atoms with Gasteiger partial charge in [-0.3, -0.25) is 9.36 Å². The molecule has 1 aromatic carbocycles. The van der Waals surface area contributed by atoms with Crippen molar-refractivity contribution < 1.29 is 17.0 Å². The predicted molar refractivity (Wildman–Crippen MR) is 76.1 cm³/mol. The van der Waals surface area contributed by atoms with Gasteiger partial charge in [-0.15, -0.1) is 0 Å². The maximum atomic E-state index is 12.9. The van der Waals surface area contributed by atoms with Crippen LogP contribution in [0.3, 0.4) is 0 Å². The van der Waals surface area contributed by atoms with Crippen LogP contribution in [-0.2, 0) is 24.2 Å². The topological polar surface area (TPSA) is 87.4 Å². The molecule has 0 aliphatic carbocycles. The summed E-state index contributed by atoms with van der Waals surface area (Å²) in [5.41, 5.74) is -1.73. The molecule has 0 aliphatic rings. The zero-order valence-corrected chi connectivity index (χ0v) is 13.0. The van der Waals surface area contributed by atoms with Crippen molar-refractivity contribution in [3.63, 3.8) is 0 Å². The minimum atomic E-state index is -4.54. The molecule has 1 heterocycles. The molecule has 1 aromatic heterocycles. The molecule has 0 N–H and O–H groups in total. The monoisotopic (exact) mass is 348 g/mol. The Bertz CT molecular complexity index is 964. The van der Waals surface area contributed by atoms with Crippen LogP contribution in [0, 0.1) is 5.82 Å². The van der Waals surface area contributed by atoms with E-state index in [1.54, 1.807) is 0 Å². The van der Waals surface area contributed by atoms with Gasteiger partial charge in [-0.2, -0.15) is 8.42 Å². The molecule has 2 rings (SSSR count). The van der Waals surface area contributed by atoms with Crippen molar-refractivity contribution in [3.05, 3.63) is 56.1 Å². The second kappa shape index (κ2) is 5.58. The first kappa shape index (κ1) is 16.2. The van der Waals surface area contributed by atoms with Crippen molar-refractivity contribution in [1.82, 2.24) is 9.13 Å². The van der Waals surface area contributed by atoms with Gasteiger partial charge in [0.25, 0.3) is 5.56 Å². The Morgan fingerprint density at radius 2 is 1.86 bits per heavy atom. The van der Waals surface area contributed by atoms with E-state index in [1.807, 2.05) is 0 Å². The zero-order chi connectivity index (χ0) is 16.7. The molecule has 22 heavy (non-hydrogen) atoms. The van der Waals surface area contributed by atoms with Gasteiger partial charge in [-0.1, -0.05) is 11.6 Å². The summed E-state index contributed by atoms with van der Waals surface area (Å²) in [5, 5.41) is -0.273. The van der Waals surface area contributed by atoms with Crippen LogP contribution in [0.2, 0.25) is 5.02 Å². The molecule has 2 aromatic rings. The molecule has 10 heteroatoms. The summed E-state index contributed by atoms with van der Waals surface area (Å²) in [6.45, 7) is 0. The summed E-state index contributed by atoms with van der Waals surface area (Å²) in [6.07, 6.45) is 0.845. The molecule has 0 atom stereocenters. The van der Waals surface area contributed by atoms with Crippen LogP contribution in [0.15, 0.2) is 38.9 Å². The first-order chi connectivity index (χ1) is 10.1. The molecule has 0 radical (unpaired) electrons. The summed E-state index contributed by atoms with van der Waals surface area (Å²) in [6, 6.07) is 2.84. The number of rotatable bonds is 3. The van der Waals surface area contributed by atoms with Crippen molar-refractivity contribution in [3.8, 4) is 5.75 Å². The number of nitrogens with zero attached hydrogens (tertiary/aromatic N) is 2. The van der Waals surface area contributed by atoms with Crippen LogP contribution >= 0.6 is 11.6 Å². The zero-order valence-electron chi connectivity index (χ0n) is 11.4. The number of benzene rings is 1. The Kier molecular flexibility index (Phi) is 4.12. The molecule has 0 unspecified atom stereocenters.